The first-order valence-electron chi connectivity index (χ1n) is 9.51. The van der Waals surface area contributed by atoms with Gasteiger partial charge in [-0.25, -0.2) is 0 Å². The molecule has 6 nitrogen and oxygen atoms in total. The molecule has 1 N–H and O–H groups in total. The molecule has 0 aromatic heterocycles. The van der Waals surface area contributed by atoms with Gasteiger partial charge in [0.2, 0.25) is 11.8 Å². The number of hydrogen-bond acceptors (Lipinski definition) is 4. The number of carbonyl (C=O) groups excluding carboxylic acids is 2. The van der Waals surface area contributed by atoms with Crippen molar-refractivity contribution in [2.24, 2.45) is 0 Å². The summed E-state index contributed by atoms with van der Waals surface area (Å²) < 4.78 is 10.3. The topological polar surface area (TPSA) is 67.9 Å². The van der Waals surface area contributed by atoms with Gasteiger partial charge in [0.05, 0.1) is 14.2 Å². The quantitative estimate of drug-likeness (QED) is 0.661. The predicted molar refractivity (Wildman–Crippen MR) is 114 cm³/mol. The molecule has 154 valence electrons. The first-order chi connectivity index (χ1) is 14.0. The van der Waals surface area contributed by atoms with E-state index in [0.717, 1.165) is 22.6 Å². The fourth-order valence-electron chi connectivity index (χ4n) is 2.78. The maximum absolute atomic E-state index is 12.7. The molecule has 6 heteroatoms. The minimum atomic E-state index is -0.624. The third-order valence-corrected chi connectivity index (χ3v) is 4.50. The first kappa shape index (κ1) is 22.0. The van der Waals surface area contributed by atoms with Crippen molar-refractivity contribution in [2.75, 3.05) is 20.8 Å². The van der Waals surface area contributed by atoms with E-state index in [0.29, 0.717) is 13.1 Å². The molecule has 2 aromatic carbocycles. The second-order valence-electron chi connectivity index (χ2n) is 6.54. The molecular formula is C23H28N2O4. The van der Waals surface area contributed by atoms with E-state index in [1.54, 1.807) is 32.1 Å². The van der Waals surface area contributed by atoms with E-state index in [2.05, 4.69) is 5.32 Å². The molecular weight excluding hydrogens is 368 g/mol. The van der Waals surface area contributed by atoms with Crippen LogP contribution in [0, 0.1) is 0 Å². The van der Waals surface area contributed by atoms with Gasteiger partial charge in [0.25, 0.3) is 0 Å². The molecule has 0 heterocycles. The van der Waals surface area contributed by atoms with Crippen LogP contribution in [0.3, 0.4) is 0 Å². The number of nitrogens with zero attached hydrogens (tertiary/aromatic N) is 1. The summed E-state index contributed by atoms with van der Waals surface area (Å²) in [7, 11) is 3.22. The smallest absolute Gasteiger partial charge is 0.245 e. The van der Waals surface area contributed by atoms with E-state index in [1.807, 2.05) is 55.5 Å². The summed E-state index contributed by atoms with van der Waals surface area (Å²) in [5, 5.41) is 2.73. The van der Waals surface area contributed by atoms with Gasteiger partial charge in [0, 0.05) is 19.2 Å². The lowest BCUT2D eigenvalue weighted by molar-refractivity contribution is -0.135. The van der Waals surface area contributed by atoms with Crippen LogP contribution in [0.25, 0.3) is 6.08 Å². The lowest BCUT2D eigenvalue weighted by atomic mass is 10.1. The number of ether oxygens (including phenoxy) is 2. The molecule has 2 rings (SSSR count). The summed E-state index contributed by atoms with van der Waals surface area (Å²) >= 11 is 0. The Morgan fingerprint density at radius 3 is 2.07 bits per heavy atom. The first-order valence-corrected chi connectivity index (χ1v) is 9.51. The lowest BCUT2D eigenvalue weighted by Crippen LogP contribution is -2.46. The third kappa shape index (κ3) is 6.68. The van der Waals surface area contributed by atoms with Crippen LogP contribution >= 0.6 is 0 Å². The number of hydrogen-bond donors (Lipinski definition) is 1. The molecule has 2 aromatic rings. The van der Waals surface area contributed by atoms with E-state index in [1.165, 1.54) is 6.08 Å². The molecule has 0 saturated heterocycles. The van der Waals surface area contributed by atoms with Gasteiger partial charge in [0.15, 0.2) is 0 Å². The van der Waals surface area contributed by atoms with Crippen molar-refractivity contribution in [3.8, 4) is 11.5 Å². The number of amides is 2. The maximum atomic E-state index is 12.7. The predicted octanol–water partition coefficient (Wildman–Crippen LogP) is 3.27. The van der Waals surface area contributed by atoms with E-state index in [4.69, 9.17) is 9.47 Å². The van der Waals surface area contributed by atoms with E-state index < -0.39 is 6.04 Å². The van der Waals surface area contributed by atoms with Crippen molar-refractivity contribution in [3.05, 3.63) is 65.7 Å². The number of likely N-dealkylation sites (N-methyl/N-ethyl adjacent to an activating group) is 1. The normalized spacial score (nSPS) is 11.7. The van der Waals surface area contributed by atoms with Crippen molar-refractivity contribution in [2.45, 2.75) is 26.4 Å². The van der Waals surface area contributed by atoms with Gasteiger partial charge in [0.1, 0.15) is 17.5 Å². The Morgan fingerprint density at radius 2 is 1.55 bits per heavy atom. The number of benzene rings is 2. The van der Waals surface area contributed by atoms with Crippen molar-refractivity contribution in [1.82, 2.24) is 10.2 Å². The minimum absolute atomic E-state index is 0.130. The molecule has 0 fully saturated rings. The summed E-state index contributed by atoms with van der Waals surface area (Å²) in [5.41, 5.74) is 1.87. The van der Waals surface area contributed by atoms with Crippen LogP contribution in [0.2, 0.25) is 0 Å². The van der Waals surface area contributed by atoms with Crippen LogP contribution in [-0.2, 0) is 16.1 Å². The van der Waals surface area contributed by atoms with Crippen molar-refractivity contribution < 1.29 is 19.1 Å². The van der Waals surface area contributed by atoms with Crippen LogP contribution in [0.1, 0.15) is 25.0 Å². The van der Waals surface area contributed by atoms with E-state index in [-0.39, 0.29) is 11.8 Å². The number of rotatable bonds is 9. The monoisotopic (exact) mass is 396 g/mol. The standard InChI is InChI=1S/C23H28N2O4/c1-5-25(16-19-8-13-21(29-4)14-9-19)23(27)17(2)24-22(26)15-10-18-6-11-20(28-3)12-7-18/h6-15,17H,5,16H2,1-4H3,(H,24,26)/b15-10+. The Kier molecular flexibility index (Phi) is 8.27. The highest BCUT2D eigenvalue weighted by Gasteiger charge is 2.20. The van der Waals surface area contributed by atoms with Gasteiger partial charge in [-0.05, 0) is 55.3 Å². The Morgan fingerprint density at radius 1 is 1.00 bits per heavy atom. The summed E-state index contributed by atoms with van der Waals surface area (Å²) in [6, 6.07) is 14.3. The molecule has 0 spiro atoms. The van der Waals surface area contributed by atoms with E-state index in [9.17, 15) is 9.59 Å². The molecule has 0 aliphatic heterocycles. The molecule has 0 saturated carbocycles. The number of nitrogens with one attached hydrogen (secondary N) is 1. The van der Waals surface area contributed by atoms with Crippen LogP contribution in [0.15, 0.2) is 54.6 Å². The fourth-order valence-corrected chi connectivity index (χ4v) is 2.78. The molecule has 29 heavy (non-hydrogen) atoms. The molecule has 0 aliphatic rings. The van der Waals surface area contributed by atoms with Crippen molar-refractivity contribution >= 4 is 17.9 Å². The van der Waals surface area contributed by atoms with Crippen LogP contribution < -0.4 is 14.8 Å². The highest BCUT2D eigenvalue weighted by atomic mass is 16.5. The molecule has 1 atom stereocenters. The number of methoxy groups -OCH3 is 2. The van der Waals surface area contributed by atoms with Gasteiger partial charge in [-0.3, -0.25) is 9.59 Å². The Balaban J connectivity index is 1.92. The number of carbonyl (C=O) groups is 2. The van der Waals surface area contributed by atoms with Crippen LogP contribution in [-0.4, -0.2) is 43.5 Å². The van der Waals surface area contributed by atoms with Gasteiger partial charge in [-0.1, -0.05) is 24.3 Å². The highest BCUT2D eigenvalue weighted by Crippen LogP contribution is 2.14. The Hall–Kier alpha value is -3.28. The zero-order valence-corrected chi connectivity index (χ0v) is 17.3. The average molecular weight is 396 g/mol. The zero-order valence-electron chi connectivity index (χ0n) is 17.3. The molecule has 0 radical (unpaired) electrons. The minimum Gasteiger partial charge on any atom is -0.497 e. The van der Waals surface area contributed by atoms with Gasteiger partial charge < -0.3 is 19.7 Å². The Bertz CT molecular complexity index is 829. The van der Waals surface area contributed by atoms with Crippen LogP contribution in [0.4, 0.5) is 0 Å². The van der Waals surface area contributed by atoms with E-state index >= 15 is 0 Å². The highest BCUT2D eigenvalue weighted by molar-refractivity contribution is 5.95. The maximum Gasteiger partial charge on any atom is 0.245 e. The van der Waals surface area contributed by atoms with Gasteiger partial charge in [-0.15, -0.1) is 0 Å². The molecule has 0 aliphatic carbocycles. The largest absolute Gasteiger partial charge is 0.497 e. The summed E-state index contributed by atoms with van der Waals surface area (Å²) in [6.07, 6.45) is 3.12. The second-order valence-corrected chi connectivity index (χ2v) is 6.54. The summed E-state index contributed by atoms with van der Waals surface area (Å²) in [6.45, 7) is 4.63. The lowest BCUT2D eigenvalue weighted by Gasteiger charge is -2.25. The third-order valence-electron chi connectivity index (χ3n) is 4.50. The summed E-state index contributed by atoms with van der Waals surface area (Å²) in [4.78, 5) is 26.6. The average Bonchev–Trinajstić information content (AvgIpc) is 2.76. The fraction of sp³-hybridized carbons (Fsp3) is 0.304. The molecule has 0 bridgehead atoms. The molecule has 1 unspecified atom stereocenters. The van der Waals surface area contributed by atoms with Crippen molar-refractivity contribution in [1.29, 1.82) is 0 Å². The van der Waals surface area contributed by atoms with Gasteiger partial charge >= 0.3 is 0 Å². The zero-order chi connectivity index (χ0) is 21.2. The molecule has 2 amide bonds. The Labute approximate surface area is 172 Å². The van der Waals surface area contributed by atoms with Gasteiger partial charge in [-0.2, -0.15) is 0 Å². The summed E-state index contributed by atoms with van der Waals surface area (Å²) in [5.74, 6) is 1.08. The van der Waals surface area contributed by atoms with Crippen LogP contribution in [0.5, 0.6) is 11.5 Å². The van der Waals surface area contributed by atoms with Crippen molar-refractivity contribution in [3.63, 3.8) is 0 Å². The second kappa shape index (κ2) is 10.9. The SMILES string of the molecule is CCN(Cc1ccc(OC)cc1)C(=O)C(C)NC(=O)/C=C/c1ccc(OC)cc1.